The van der Waals surface area contributed by atoms with E-state index in [2.05, 4.69) is 5.32 Å². The molecule has 8 nitrogen and oxygen atoms in total. The number of fused-ring (bicyclic) bond motifs is 3. The number of alkyl halides is 7. The predicted octanol–water partition coefficient (Wildman–Crippen LogP) is 4.95. The Morgan fingerprint density at radius 2 is 1.62 bits per heavy atom. The Bertz CT molecular complexity index is 1680. The summed E-state index contributed by atoms with van der Waals surface area (Å²) in [5.41, 5.74) is -7.90. The Morgan fingerprint density at radius 1 is 0.979 bits per heavy atom. The van der Waals surface area contributed by atoms with Gasteiger partial charge >= 0.3 is 24.0 Å². The first-order valence-electron chi connectivity index (χ1n) is 14.5. The van der Waals surface area contributed by atoms with Crippen molar-refractivity contribution in [1.82, 2.24) is 10.2 Å². The molecule has 1 heterocycles. The highest BCUT2D eigenvalue weighted by Gasteiger charge is 2.74. The van der Waals surface area contributed by atoms with Crippen LogP contribution >= 0.6 is 0 Å². The van der Waals surface area contributed by atoms with E-state index in [9.17, 15) is 57.9 Å². The van der Waals surface area contributed by atoms with E-state index in [1.54, 1.807) is 0 Å². The summed E-state index contributed by atoms with van der Waals surface area (Å²) in [6.07, 6.45) is -14.0. The van der Waals surface area contributed by atoms with Crippen LogP contribution in [0.3, 0.4) is 0 Å². The lowest BCUT2D eigenvalue weighted by molar-refractivity contribution is -0.348. The minimum atomic E-state index is -6.39. The maximum atomic E-state index is 15.0. The SMILES string of the molecule is O=C(O)CCN1CC(C(=O)N[C@@H]2CC[C@@]3(S(=O)(=O)c4ccc(F)cc4)c4ccc(C(F)(C(F)(F)F)C(F)(F)F)cc4CC[C@@H]23)CC1=O. The van der Waals surface area contributed by atoms with Crippen LogP contribution in [0, 0.1) is 17.7 Å². The summed E-state index contributed by atoms with van der Waals surface area (Å²) in [4.78, 5) is 37.4. The molecular formula is C30H28F8N2O6S. The number of likely N-dealkylation sites (tertiary alicyclic amines) is 1. The van der Waals surface area contributed by atoms with Crippen molar-refractivity contribution in [2.24, 2.45) is 11.8 Å². The van der Waals surface area contributed by atoms with E-state index in [-0.39, 0.29) is 73.7 Å². The van der Waals surface area contributed by atoms with Crippen LogP contribution in [-0.4, -0.2) is 67.7 Å². The van der Waals surface area contributed by atoms with Crippen LogP contribution < -0.4 is 5.32 Å². The normalized spacial score (nSPS) is 25.0. The van der Waals surface area contributed by atoms with E-state index in [1.165, 1.54) is 4.90 Å². The predicted molar refractivity (Wildman–Crippen MR) is 147 cm³/mol. The summed E-state index contributed by atoms with van der Waals surface area (Å²) in [5.74, 6) is -4.84. The fraction of sp³-hybridized carbons (Fsp3) is 0.500. The van der Waals surface area contributed by atoms with Crippen molar-refractivity contribution in [2.75, 3.05) is 13.1 Å². The summed E-state index contributed by atoms with van der Waals surface area (Å²) >= 11 is 0. The molecule has 1 aliphatic heterocycles. The third kappa shape index (κ3) is 5.63. The van der Waals surface area contributed by atoms with Gasteiger partial charge in [-0.3, -0.25) is 14.4 Å². The number of nitrogens with one attached hydrogen (secondary N) is 1. The summed E-state index contributed by atoms with van der Waals surface area (Å²) in [7, 11) is -4.59. The molecule has 256 valence electrons. The Hall–Kier alpha value is -3.76. The van der Waals surface area contributed by atoms with Gasteiger partial charge in [-0.05, 0) is 61.1 Å². The number of halogens is 8. The quantitative estimate of drug-likeness (QED) is 0.298. The van der Waals surface area contributed by atoms with Gasteiger partial charge in [-0.15, -0.1) is 0 Å². The summed E-state index contributed by atoms with van der Waals surface area (Å²) in [6.45, 7) is -0.200. The molecule has 0 radical (unpaired) electrons. The molecule has 4 atom stereocenters. The molecule has 2 aromatic rings. The summed E-state index contributed by atoms with van der Waals surface area (Å²) in [5, 5.41) is 11.7. The molecule has 3 aliphatic rings. The summed E-state index contributed by atoms with van der Waals surface area (Å²) < 4.78 is 137. The molecule has 2 amide bonds. The average molecular weight is 697 g/mol. The van der Waals surface area contributed by atoms with Crippen molar-refractivity contribution < 1.29 is 63.0 Å². The van der Waals surface area contributed by atoms with Gasteiger partial charge < -0.3 is 15.3 Å². The van der Waals surface area contributed by atoms with Gasteiger partial charge in [-0.1, -0.05) is 18.2 Å². The van der Waals surface area contributed by atoms with Crippen molar-refractivity contribution >= 4 is 27.6 Å². The highest BCUT2D eigenvalue weighted by molar-refractivity contribution is 7.92. The van der Waals surface area contributed by atoms with E-state index in [4.69, 9.17) is 5.11 Å². The van der Waals surface area contributed by atoms with Gasteiger partial charge in [0.25, 0.3) is 0 Å². The number of sulfone groups is 1. The smallest absolute Gasteiger partial charge is 0.435 e. The van der Waals surface area contributed by atoms with E-state index in [0.717, 1.165) is 30.3 Å². The topological polar surface area (TPSA) is 121 Å². The zero-order valence-electron chi connectivity index (χ0n) is 24.3. The van der Waals surface area contributed by atoms with Crippen molar-refractivity contribution in [2.45, 2.75) is 72.2 Å². The lowest BCUT2D eigenvalue weighted by Crippen LogP contribution is -2.51. The maximum absolute atomic E-state index is 15.0. The van der Waals surface area contributed by atoms with Crippen LogP contribution in [0.5, 0.6) is 0 Å². The van der Waals surface area contributed by atoms with Gasteiger partial charge in [-0.25, -0.2) is 17.2 Å². The third-order valence-electron chi connectivity index (χ3n) is 9.49. The van der Waals surface area contributed by atoms with Crippen LogP contribution in [0.15, 0.2) is 47.4 Å². The standard InChI is InChI=1S/C30H28F8N2O6S/c31-19-3-5-20(6-4-19)47(45,46)27-11-9-23(39-26(44)17-14-24(41)40(15-17)12-10-25(42)43)22(27)7-1-16-13-18(2-8-21(16)27)28(32,29(33,34)35)30(36,37)38/h2-6,8,13,17,22-23H,1,7,9-12,14-15H2,(H,39,44)(H,42,43)/t17?,22-,23+,27+/m0/s1. The molecule has 1 unspecified atom stereocenters. The van der Waals surface area contributed by atoms with E-state index in [1.807, 2.05) is 0 Å². The van der Waals surface area contributed by atoms with Gasteiger partial charge in [0, 0.05) is 37.0 Å². The minimum Gasteiger partial charge on any atom is -0.481 e. The fourth-order valence-corrected chi connectivity index (χ4v) is 9.72. The molecule has 0 aromatic heterocycles. The number of aryl methyl sites for hydroxylation is 1. The van der Waals surface area contributed by atoms with Gasteiger partial charge in [0.05, 0.1) is 17.2 Å². The second-order valence-corrected chi connectivity index (χ2v) is 14.3. The fourth-order valence-electron chi connectivity index (χ4n) is 7.25. The number of rotatable bonds is 8. The molecule has 1 saturated carbocycles. The molecule has 0 bridgehead atoms. The summed E-state index contributed by atoms with van der Waals surface area (Å²) in [6, 6.07) is 4.22. The zero-order valence-corrected chi connectivity index (χ0v) is 25.1. The highest BCUT2D eigenvalue weighted by atomic mass is 32.2. The first-order valence-corrected chi connectivity index (χ1v) is 16.0. The van der Waals surface area contributed by atoms with Crippen LogP contribution in [-0.2, 0) is 41.1 Å². The number of carboxylic acids is 1. The van der Waals surface area contributed by atoms with Crippen molar-refractivity contribution in [3.8, 4) is 0 Å². The number of carbonyl (C=O) groups is 3. The number of amides is 2. The van der Waals surface area contributed by atoms with Crippen LogP contribution in [0.25, 0.3) is 0 Å². The molecule has 17 heteroatoms. The number of carboxylic acid groups (broad SMARTS) is 1. The number of carbonyl (C=O) groups excluding carboxylic acids is 2. The highest BCUT2D eigenvalue weighted by Crippen LogP contribution is 2.59. The number of nitrogens with zero attached hydrogens (tertiary/aromatic N) is 1. The number of benzene rings is 2. The van der Waals surface area contributed by atoms with Gasteiger partial charge in [0.15, 0.2) is 9.84 Å². The largest absolute Gasteiger partial charge is 0.481 e. The molecular weight excluding hydrogens is 668 g/mol. The Kier molecular flexibility index (Phi) is 8.63. The molecule has 2 aliphatic carbocycles. The number of hydrogen-bond acceptors (Lipinski definition) is 5. The Balaban J connectivity index is 1.54. The first-order chi connectivity index (χ1) is 21.7. The molecule has 47 heavy (non-hydrogen) atoms. The molecule has 5 rings (SSSR count). The van der Waals surface area contributed by atoms with Crippen LogP contribution in [0.1, 0.15) is 48.8 Å². The Labute approximate surface area is 263 Å². The first kappa shape index (κ1) is 34.6. The maximum Gasteiger partial charge on any atom is 0.435 e. The van der Waals surface area contributed by atoms with Gasteiger partial charge in [0.1, 0.15) is 10.6 Å². The monoisotopic (exact) mass is 696 g/mol. The lowest BCUT2D eigenvalue weighted by atomic mass is 9.74. The van der Waals surface area contributed by atoms with E-state index >= 15 is 0 Å². The lowest BCUT2D eigenvalue weighted by Gasteiger charge is -2.43. The third-order valence-corrected chi connectivity index (χ3v) is 12.1. The number of hydrogen-bond donors (Lipinski definition) is 2. The number of aliphatic carboxylic acids is 1. The van der Waals surface area contributed by atoms with Crippen molar-refractivity contribution in [3.63, 3.8) is 0 Å². The zero-order chi connectivity index (χ0) is 34.7. The second kappa shape index (κ2) is 11.7. The molecule has 0 spiro atoms. The average Bonchev–Trinajstić information content (AvgIpc) is 3.55. The van der Waals surface area contributed by atoms with E-state index in [0.29, 0.717) is 6.07 Å². The Morgan fingerprint density at radius 3 is 2.21 bits per heavy atom. The van der Waals surface area contributed by atoms with Crippen LogP contribution in [0.4, 0.5) is 35.1 Å². The van der Waals surface area contributed by atoms with Gasteiger partial charge in [-0.2, -0.15) is 26.3 Å². The molecule has 2 aromatic carbocycles. The molecule has 2 fully saturated rings. The second-order valence-electron chi connectivity index (χ2n) is 12.1. The molecule has 2 N–H and O–H groups in total. The van der Waals surface area contributed by atoms with Gasteiger partial charge in [0.2, 0.25) is 11.8 Å². The van der Waals surface area contributed by atoms with Crippen molar-refractivity contribution in [1.29, 1.82) is 0 Å². The minimum absolute atomic E-state index is 0.000428. The van der Waals surface area contributed by atoms with E-state index < -0.39 is 79.6 Å². The molecule has 1 saturated heterocycles. The van der Waals surface area contributed by atoms with Crippen LogP contribution in [0.2, 0.25) is 0 Å². The van der Waals surface area contributed by atoms with Crippen molar-refractivity contribution in [3.05, 3.63) is 65.0 Å².